The fourth-order valence-corrected chi connectivity index (χ4v) is 4.79. The molecule has 0 saturated heterocycles. The molecule has 4 heterocycles. The van der Waals surface area contributed by atoms with Gasteiger partial charge in [0.1, 0.15) is 11.6 Å². The summed E-state index contributed by atoms with van der Waals surface area (Å²) in [5.41, 5.74) is 3.78. The van der Waals surface area contributed by atoms with Crippen LogP contribution in [0.1, 0.15) is 0 Å². The van der Waals surface area contributed by atoms with Crippen LogP contribution in [0.15, 0.2) is 97.5 Å². The molecule has 0 aliphatic carbocycles. The van der Waals surface area contributed by atoms with Crippen LogP contribution in [-0.2, 0) is 21.1 Å². The molecule has 0 spiro atoms. The summed E-state index contributed by atoms with van der Waals surface area (Å²) in [5, 5.41) is 2.22. The predicted octanol–water partition coefficient (Wildman–Crippen LogP) is 5.19. The molecule has 0 saturated carbocycles. The number of rotatable bonds is 4. The van der Waals surface area contributed by atoms with Gasteiger partial charge in [-0.1, -0.05) is 48.1 Å². The van der Waals surface area contributed by atoms with Crippen LogP contribution >= 0.6 is 0 Å². The molecule has 3 aromatic heterocycles. The number of benzene rings is 3. The van der Waals surface area contributed by atoms with E-state index in [0.717, 1.165) is 44.5 Å². The summed E-state index contributed by atoms with van der Waals surface area (Å²) in [5.74, 6) is 2.73. The summed E-state index contributed by atoms with van der Waals surface area (Å²) in [6.45, 7) is 0. The average molecular weight is 661 g/mol. The Labute approximate surface area is 228 Å². The number of ether oxygens (including phenoxy) is 1. The number of anilines is 1. The number of aromatic nitrogens is 3. The third-order valence-corrected chi connectivity index (χ3v) is 6.43. The van der Waals surface area contributed by atoms with Crippen molar-refractivity contribution in [2.45, 2.75) is 0 Å². The maximum absolute atomic E-state index is 6.20. The van der Waals surface area contributed by atoms with E-state index in [1.807, 2.05) is 67.7 Å². The SMILES string of the molecule is CN1B(c2[c-]c(Oc3[c-]c4c(cc3)c3ccccc3n4-c3ccccn3)cnc2)Oc2ccccc21.[Pt+2]. The van der Waals surface area contributed by atoms with Crippen molar-refractivity contribution in [3.8, 4) is 23.1 Å². The van der Waals surface area contributed by atoms with E-state index >= 15 is 0 Å². The number of fused-ring (bicyclic) bond motifs is 4. The molecular weight excluding hydrogens is 642 g/mol. The van der Waals surface area contributed by atoms with Gasteiger partial charge >= 0.3 is 28.1 Å². The molecule has 7 rings (SSSR count). The first-order valence-electron chi connectivity index (χ1n) is 11.7. The quantitative estimate of drug-likeness (QED) is 0.193. The van der Waals surface area contributed by atoms with Crippen LogP contribution in [0.3, 0.4) is 0 Å². The number of hydrogen-bond donors (Lipinski definition) is 0. The van der Waals surface area contributed by atoms with Crippen LogP contribution < -0.4 is 19.7 Å². The summed E-state index contributed by atoms with van der Waals surface area (Å²) >= 11 is 0. The normalized spacial score (nSPS) is 12.4. The minimum atomic E-state index is -0.323. The second-order valence-corrected chi connectivity index (χ2v) is 8.63. The summed E-state index contributed by atoms with van der Waals surface area (Å²) in [6.07, 6.45) is 5.20. The molecule has 180 valence electrons. The Morgan fingerprint density at radius 1 is 0.838 bits per heavy atom. The van der Waals surface area contributed by atoms with Crippen LogP contribution in [-0.4, -0.2) is 28.6 Å². The van der Waals surface area contributed by atoms with Gasteiger partial charge in [0.15, 0.2) is 0 Å². The topological polar surface area (TPSA) is 52.4 Å². The molecular formula is C29H19BN4O2Pt. The third-order valence-electron chi connectivity index (χ3n) is 6.43. The predicted molar refractivity (Wildman–Crippen MR) is 141 cm³/mol. The minimum absolute atomic E-state index is 0. The molecule has 0 fully saturated rings. The molecule has 6 aromatic rings. The van der Waals surface area contributed by atoms with Crippen LogP contribution in [0, 0.1) is 12.1 Å². The van der Waals surface area contributed by atoms with E-state index in [4.69, 9.17) is 9.39 Å². The van der Waals surface area contributed by atoms with E-state index in [-0.39, 0.29) is 28.1 Å². The Bertz CT molecular complexity index is 1740. The standard InChI is InChI=1S/C29H19BN4O2.Pt/c1-33-26-10-4-5-11-28(26)36-30(33)20-16-22(19-31-18-20)35-21-13-14-24-23-8-2-3-9-25(23)34(27(24)17-21)29-12-6-7-15-32-29;/h2-15,18-19H,1H3;/q-2;+2. The fourth-order valence-electron chi connectivity index (χ4n) is 4.79. The zero-order valence-corrected chi connectivity index (χ0v) is 22.0. The Morgan fingerprint density at radius 3 is 2.54 bits per heavy atom. The molecule has 0 radical (unpaired) electrons. The van der Waals surface area contributed by atoms with E-state index in [1.165, 1.54) is 0 Å². The molecule has 0 bridgehead atoms. The summed E-state index contributed by atoms with van der Waals surface area (Å²) < 4.78 is 14.5. The van der Waals surface area contributed by atoms with Gasteiger partial charge in [-0.15, -0.1) is 29.0 Å². The summed E-state index contributed by atoms with van der Waals surface area (Å²) in [4.78, 5) is 11.0. The first-order valence-corrected chi connectivity index (χ1v) is 11.7. The van der Waals surface area contributed by atoms with Crippen molar-refractivity contribution in [3.63, 3.8) is 0 Å². The first kappa shape index (κ1) is 23.3. The summed E-state index contributed by atoms with van der Waals surface area (Å²) in [6, 6.07) is 32.9. The Morgan fingerprint density at radius 2 is 1.68 bits per heavy atom. The fraction of sp³-hybridized carbons (Fsp3) is 0.0345. The van der Waals surface area contributed by atoms with Gasteiger partial charge in [0.05, 0.1) is 5.69 Å². The van der Waals surface area contributed by atoms with Gasteiger partial charge in [0.2, 0.25) is 0 Å². The largest absolute Gasteiger partial charge is 2.00 e. The second kappa shape index (κ2) is 9.42. The molecule has 1 aliphatic rings. The van der Waals surface area contributed by atoms with E-state index in [1.54, 1.807) is 18.6 Å². The van der Waals surface area contributed by atoms with Crippen LogP contribution in [0.2, 0.25) is 0 Å². The molecule has 1 aliphatic heterocycles. The zero-order valence-electron chi connectivity index (χ0n) is 19.7. The maximum atomic E-state index is 6.20. The Balaban J connectivity index is 0.00000252. The molecule has 6 nitrogen and oxygen atoms in total. The van der Waals surface area contributed by atoms with E-state index < -0.39 is 0 Å². The molecule has 0 amide bonds. The Kier molecular flexibility index (Phi) is 5.93. The van der Waals surface area contributed by atoms with Crippen LogP contribution in [0.5, 0.6) is 17.2 Å². The van der Waals surface area contributed by atoms with Crippen LogP contribution in [0.4, 0.5) is 5.69 Å². The monoisotopic (exact) mass is 661 g/mol. The maximum Gasteiger partial charge on any atom is 2.00 e. The number of hydrogen-bond acceptors (Lipinski definition) is 5. The van der Waals surface area contributed by atoms with E-state index in [2.05, 4.69) is 49.7 Å². The molecule has 37 heavy (non-hydrogen) atoms. The molecule has 8 heteroatoms. The van der Waals surface area contributed by atoms with Gasteiger partial charge in [0, 0.05) is 23.2 Å². The van der Waals surface area contributed by atoms with Crippen molar-refractivity contribution in [1.29, 1.82) is 0 Å². The van der Waals surface area contributed by atoms with Gasteiger partial charge in [-0.05, 0) is 49.0 Å². The average Bonchev–Trinajstić information content (AvgIpc) is 3.44. The zero-order chi connectivity index (χ0) is 24.1. The number of nitrogens with zero attached hydrogens (tertiary/aromatic N) is 4. The number of pyridine rings is 2. The molecule has 0 atom stereocenters. The van der Waals surface area contributed by atoms with Gasteiger partial charge in [0.25, 0.3) is 0 Å². The van der Waals surface area contributed by atoms with Gasteiger partial charge in [-0.25, -0.2) is 4.98 Å². The van der Waals surface area contributed by atoms with Crippen molar-refractivity contribution >= 4 is 40.0 Å². The van der Waals surface area contributed by atoms with Crippen molar-refractivity contribution < 1.29 is 30.5 Å². The van der Waals surface area contributed by atoms with Crippen molar-refractivity contribution in [3.05, 3.63) is 110 Å². The third kappa shape index (κ3) is 3.96. The second-order valence-electron chi connectivity index (χ2n) is 8.63. The summed E-state index contributed by atoms with van der Waals surface area (Å²) in [7, 11) is 1.67. The van der Waals surface area contributed by atoms with Gasteiger partial charge < -0.3 is 23.8 Å². The van der Waals surface area contributed by atoms with Crippen LogP contribution in [0.25, 0.3) is 27.6 Å². The van der Waals surface area contributed by atoms with Crippen molar-refractivity contribution in [2.24, 2.45) is 0 Å². The first-order chi connectivity index (χ1) is 17.8. The minimum Gasteiger partial charge on any atom is -0.537 e. The molecule has 0 N–H and O–H groups in total. The molecule has 0 unspecified atom stereocenters. The smallest absolute Gasteiger partial charge is 0.537 e. The van der Waals surface area contributed by atoms with Gasteiger partial charge in [-0.3, -0.25) is 0 Å². The van der Waals surface area contributed by atoms with Gasteiger partial charge in [-0.2, -0.15) is 6.07 Å². The van der Waals surface area contributed by atoms with Crippen molar-refractivity contribution in [1.82, 2.24) is 14.5 Å². The van der Waals surface area contributed by atoms with Crippen molar-refractivity contribution in [2.75, 3.05) is 11.9 Å². The number of para-hydroxylation sites is 3. The van der Waals surface area contributed by atoms with E-state index in [9.17, 15) is 0 Å². The molecule has 3 aromatic carbocycles. The van der Waals surface area contributed by atoms with E-state index in [0.29, 0.717) is 11.5 Å². The Hall–Kier alpha value is -4.09.